The van der Waals surface area contributed by atoms with Crippen LogP contribution >= 0.6 is 7.60 Å². The first-order valence-electron chi connectivity index (χ1n) is 15.1. The third-order valence-electron chi connectivity index (χ3n) is 7.38. The van der Waals surface area contributed by atoms with Crippen molar-refractivity contribution in [2.45, 2.75) is 32.2 Å². The number of aryl methyl sites for hydroxylation is 1. The minimum atomic E-state index is -4.86. The third kappa shape index (κ3) is 8.01. The molecule has 8 bridgehead atoms. The van der Waals surface area contributed by atoms with Crippen molar-refractivity contribution in [3.8, 4) is 17.0 Å². The van der Waals surface area contributed by atoms with E-state index in [0.717, 1.165) is 0 Å². The number of benzene rings is 1. The molecule has 4 aliphatic heterocycles. The Morgan fingerprint density at radius 2 is 1.82 bits per heavy atom. The summed E-state index contributed by atoms with van der Waals surface area (Å²) < 4.78 is 74.7. The number of halogens is 3. The molecule has 0 aliphatic carbocycles. The monoisotopic (exact) mass is 702 g/mol. The molecule has 0 saturated heterocycles. The number of nitrogens with zero attached hydrogens (tertiary/aromatic N) is 4. The SMILES string of the molecule is CCOP1(=O)Cc2ccc(c(OC)c2)Nc2ncc(C(F)(F)F)c(n2)Nc2ccc(nc2C(=O)NC)-c2cc(C(=O)NC)n(c2)CCCO1. The van der Waals surface area contributed by atoms with Gasteiger partial charge in [0, 0.05) is 38.6 Å². The van der Waals surface area contributed by atoms with E-state index >= 15 is 0 Å². The number of alkyl halides is 3. The van der Waals surface area contributed by atoms with Crippen LogP contribution in [0.2, 0.25) is 0 Å². The van der Waals surface area contributed by atoms with Crippen molar-refractivity contribution in [2.24, 2.45) is 0 Å². The number of hydrogen-bond donors (Lipinski definition) is 4. The molecule has 1 atom stereocenters. The molecular weight excluding hydrogens is 668 g/mol. The number of pyridine rings is 1. The van der Waals surface area contributed by atoms with E-state index in [1.807, 2.05) is 0 Å². The lowest BCUT2D eigenvalue weighted by molar-refractivity contribution is -0.137. The lowest BCUT2D eigenvalue weighted by Gasteiger charge is -2.20. The van der Waals surface area contributed by atoms with E-state index in [2.05, 4.69) is 36.2 Å². The van der Waals surface area contributed by atoms with Gasteiger partial charge in [-0.2, -0.15) is 18.2 Å². The van der Waals surface area contributed by atoms with Crippen LogP contribution in [0.5, 0.6) is 5.75 Å². The highest BCUT2D eigenvalue weighted by Gasteiger charge is 2.36. The van der Waals surface area contributed by atoms with Crippen molar-refractivity contribution in [1.82, 2.24) is 30.2 Å². The Morgan fingerprint density at radius 1 is 1.06 bits per heavy atom. The Labute approximate surface area is 279 Å². The second kappa shape index (κ2) is 14.6. The quantitative estimate of drug-likeness (QED) is 0.188. The second-order valence-corrected chi connectivity index (χ2v) is 12.7. The molecule has 3 aromatic heterocycles. The maximum Gasteiger partial charge on any atom is 0.421 e. The van der Waals surface area contributed by atoms with Crippen molar-refractivity contribution in [1.29, 1.82) is 0 Å². The van der Waals surface area contributed by atoms with E-state index < -0.39 is 37.0 Å². The van der Waals surface area contributed by atoms with Gasteiger partial charge in [0.05, 0.1) is 43.6 Å². The van der Waals surface area contributed by atoms with Crippen LogP contribution in [0.25, 0.3) is 11.3 Å². The maximum atomic E-state index is 14.1. The predicted molar refractivity (Wildman–Crippen MR) is 175 cm³/mol. The standard InChI is InChI=1S/C31H34F3N8O6P/c1-5-47-49(45)17-18-7-8-22(25(13-18)46-4)40-30-37-15-20(31(32,33)34)27(41-30)39-23-10-9-21(38-26(23)29(44)36-3)19-14-24(28(43)35-2)42(16-19)11-6-12-48-49/h7-10,13-16H,5-6,11-12,17H2,1-4H3,(H,35,43)(H,36,44)(H2,37,39,40,41). The number of carbonyl (C=O) groups excluding carboxylic acids is 2. The molecule has 18 heteroatoms. The van der Waals surface area contributed by atoms with Crippen molar-refractivity contribution < 1.29 is 41.1 Å². The molecule has 14 nitrogen and oxygen atoms in total. The molecule has 49 heavy (non-hydrogen) atoms. The van der Waals surface area contributed by atoms with Crippen molar-refractivity contribution in [3.63, 3.8) is 0 Å². The first-order chi connectivity index (χ1) is 23.4. The van der Waals surface area contributed by atoms with Gasteiger partial charge in [-0.15, -0.1) is 0 Å². The molecule has 1 unspecified atom stereocenters. The molecule has 1 aromatic carbocycles. The molecule has 0 saturated carbocycles. The van der Waals surface area contributed by atoms with Crippen molar-refractivity contribution >= 4 is 42.6 Å². The highest BCUT2D eigenvalue weighted by Crippen LogP contribution is 2.52. The summed E-state index contributed by atoms with van der Waals surface area (Å²) in [6, 6.07) is 9.26. The van der Waals surface area contributed by atoms with Gasteiger partial charge < -0.3 is 39.6 Å². The third-order valence-corrected chi connectivity index (χ3v) is 9.36. The summed E-state index contributed by atoms with van der Waals surface area (Å²) in [4.78, 5) is 38.2. The number of ether oxygens (including phenoxy) is 1. The fourth-order valence-corrected chi connectivity index (χ4v) is 6.79. The highest BCUT2D eigenvalue weighted by molar-refractivity contribution is 7.53. The largest absolute Gasteiger partial charge is 0.495 e. The van der Waals surface area contributed by atoms with E-state index in [-0.39, 0.29) is 60.4 Å². The van der Waals surface area contributed by atoms with Gasteiger partial charge in [0.2, 0.25) is 5.95 Å². The van der Waals surface area contributed by atoms with Gasteiger partial charge in [-0.1, -0.05) is 6.07 Å². The Hall–Kier alpha value is -4.99. The van der Waals surface area contributed by atoms with Crippen LogP contribution in [0, 0.1) is 0 Å². The zero-order valence-electron chi connectivity index (χ0n) is 27.0. The van der Waals surface area contributed by atoms with Crippen LogP contribution in [0.4, 0.5) is 36.3 Å². The van der Waals surface area contributed by atoms with Gasteiger partial charge in [-0.25, -0.2) is 9.97 Å². The van der Waals surface area contributed by atoms with Gasteiger partial charge in [0.15, 0.2) is 5.69 Å². The lowest BCUT2D eigenvalue weighted by Crippen LogP contribution is -2.21. The molecular formula is C31H34F3N8O6P. The number of carbonyl (C=O) groups is 2. The highest BCUT2D eigenvalue weighted by atomic mass is 31.2. The summed E-state index contributed by atoms with van der Waals surface area (Å²) in [7, 11) is 0.581. The summed E-state index contributed by atoms with van der Waals surface area (Å²) in [5.74, 6) is -1.70. The van der Waals surface area contributed by atoms with Crippen LogP contribution in [0.3, 0.4) is 0 Å². The summed E-state index contributed by atoms with van der Waals surface area (Å²) in [5.41, 5.74) is 0.368. The van der Waals surface area contributed by atoms with Crippen LogP contribution < -0.4 is 26.0 Å². The predicted octanol–water partition coefficient (Wildman–Crippen LogP) is 5.72. The molecule has 0 spiro atoms. The number of rotatable bonds is 5. The Kier molecular flexibility index (Phi) is 10.6. The number of hydrogen-bond acceptors (Lipinski definition) is 11. The van der Waals surface area contributed by atoms with E-state index in [0.29, 0.717) is 29.4 Å². The van der Waals surface area contributed by atoms with Crippen LogP contribution in [-0.4, -0.2) is 65.8 Å². The molecule has 7 heterocycles. The zero-order chi connectivity index (χ0) is 35.3. The molecule has 2 amide bonds. The molecule has 0 fully saturated rings. The Bertz CT molecular complexity index is 1920. The first-order valence-corrected chi connectivity index (χ1v) is 16.8. The van der Waals surface area contributed by atoms with Gasteiger partial charge in [0.1, 0.15) is 22.8 Å². The van der Waals surface area contributed by atoms with Crippen molar-refractivity contribution in [2.75, 3.05) is 45.1 Å². The minimum absolute atomic E-state index is 0.0434. The summed E-state index contributed by atoms with van der Waals surface area (Å²) in [6.45, 7) is 2.14. The number of methoxy groups -OCH3 is 1. The summed E-state index contributed by atoms with van der Waals surface area (Å²) >= 11 is 0. The Balaban J connectivity index is 1.67. The van der Waals surface area contributed by atoms with Gasteiger partial charge in [0.25, 0.3) is 11.8 Å². The summed E-state index contributed by atoms with van der Waals surface area (Å²) in [6.07, 6.45) is -2.34. The lowest BCUT2D eigenvalue weighted by atomic mass is 10.1. The average molecular weight is 703 g/mol. The van der Waals surface area contributed by atoms with Gasteiger partial charge in [-0.3, -0.25) is 14.2 Å². The van der Waals surface area contributed by atoms with Crippen LogP contribution in [-0.2, 0) is 32.5 Å². The molecule has 4 N–H and O–H groups in total. The molecule has 4 aromatic rings. The number of amides is 2. The van der Waals surface area contributed by atoms with E-state index in [4.69, 9.17) is 13.8 Å². The molecule has 4 aliphatic rings. The molecule has 0 radical (unpaired) electrons. The fraction of sp³-hybridized carbons (Fsp3) is 0.323. The second-order valence-electron chi connectivity index (χ2n) is 10.7. The first kappa shape index (κ1) is 35.3. The van der Waals surface area contributed by atoms with Gasteiger partial charge >= 0.3 is 13.8 Å². The van der Waals surface area contributed by atoms with E-state index in [1.54, 1.807) is 42.0 Å². The van der Waals surface area contributed by atoms with Crippen molar-refractivity contribution in [3.05, 3.63) is 71.3 Å². The number of aromatic nitrogens is 4. The van der Waals surface area contributed by atoms with Crippen LogP contribution in [0.1, 0.15) is 45.4 Å². The number of anilines is 4. The summed E-state index contributed by atoms with van der Waals surface area (Å²) in [5, 5.41) is 10.5. The Morgan fingerprint density at radius 3 is 2.51 bits per heavy atom. The zero-order valence-corrected chi connectivity index (χ0v) is 27.9. The molecule has 8 rings (SSSR count). The van der Waals surface area contributed by atoms with E-state index in [9.17, 15) is 27.3 Å². The average Bonchev–Trinajstić information content (AvgIpc) is 3.50. The van der Waals surface area contributed by atoms with Gasteiger partial charge in [-0.05, 0) is 49.2 Å². The minimum Gasteiger partial charge on any atom is -0.495 e. The van der Waals surface area contributed by atoms with Crippen LogP contribution in [0.15, 0.2) is 48.8 Å². The topological polar surface area (TPSA) is 171 Å². The van der Waals surface area contributed by atoms with E-state index in [1.165, 1.54) is 33.3 Å². The molecule has 260 valence electrons. The maximum absolute atomic E-state index is 14.1. The fourth-order valence-electron chi connectivity index (χ4n) is 5.08. The number of nitrogens with one attached hydrogen (secondary N) is 4. The smallest absolute Gasteiger partial charge is 0.421 e. The normalized spacial score (nSPS) is 16.5.